The molecule has 0 aliphatic carbocycles. The molecule has 0 unspecified atom stereocenters. The Morgan fingerprint density at radius 2 is 1.92 bits per heavy atom. The summed E-state index contributed by atoms with van der Waals surface area (Å²) >= 11 is 11.7. The lowest BCUT2D eigenvalue weighted by atomic mass is 10.2. The van der Waals surface area contributed by atoms with Crippen molar-refractivity contribution >= 4 is 29.3 Å². The molecule has 1 aromatic rings. The smallest absolute Gasteiger partial charge is 0.0676 e. The maximum Gasteiger partial charge on any atom is 0.0676 e. The van der Waals surface area contributed by atoms with E-state index in [2.05, 4.69) is 4.98 Å². The number of nitrogens with zero attached hydrogens (tertiary/aromatic N) is 1. The van der Waals surface area contributed by atoms with Crippen LogP contribution in [0.3, 0.4) is 0 Å². The first-order chi connectivity index (χ1) is 6.25. The summed E-state index contributed by atoms with van der Waals surface area (Å²) in [6.07, 6.45) is 7.25. The molecule has 0 saturated carbocycles. The summed E-state index contributed by atoms with van der Waals surface area (Å²) in [5.41, 5.74) is 0.742. The van der Waals surface area contributed by atoms with Crippen LogP contribution in [0.2, 0.25) is 10.0 Å². The van der Waals surface area contributed by atoms with E-state index in [4.69, 9.17) is 28.3 Å². The van der Waals surface area contributed by atoms with E-state index in [1.54, 1.807) is 6.08 Å². The summed E-state index contributed by atoms with van der Waals surface area (Å²) < 4.78 is 0. The molecule has 13 heavy (non-hydrogen) atoms. The van der Waals surface area contributed by atoms with Crippen LogP contribution < -0.4 is 0 Å². The van der Waals surface area contributed by atoms with Crippen molar-refractivity contribution in [1.29, 1.82) is 0 Å². The van der Waals surface area contributed by atoms with Gasteiger partial charge in [-0.15, -0.1) is 0 Å². The van der Waals surface area contributed by atoms with Crippen molar-refractivity contribution in [2.75, 3.05) is 6.61 Å². The van der Waals surface area contributed by atoms with Crippen molar-refractivity contribution < 1.29 is 5.11 Å². The Bertz CT molecular complexity index is 292. The lowest BCUT2D eigenvalue weighted by molar-refractivity contribution is 0.303. The number of aliphatic hydroxyl groups is 1. The molecule has 0 bridgehead atoms. The fraction of sp³-hybridized carbons (Fsp3) is 0.222. The van der Waals surface area contributed by atoms with Gasteiger partial charge in [0.1, 0.15) is 0 Å². The quantitative estimate of drug-likeness (QED) is 0.846. The first kappa shape index (κ1) is 10.5. The van der Waals surface area contributed by atoms with Gasteiger partial charge in [-0.3, -0.25) is 4.98 Å². The van der Waals surface area contributed by atoms with Gasteiger partial charge in [0.15, 0.2) is 0 Å². The van der Waals surface area contributed by atoms with Gasteiger partial charge in [0.25, 0.3) is 0 Å². The number of hydrogen-bond acceptors (Lipinski definition) is 2. The van der Waals surface area contributed by atoms with Crippen molar-refractivity contribution in [2.45, 2.75) is 6.42 Å². The zero-order valence-corrected chi connectivity index (χ0v) is 8.39. The molecule has 0 radical (unpaired) electrons. The lowest BCUT2D eigenvalue weighted by Gasteiger charge is -1.99. The molecular weight excluding hydrogens is 209 g/mol. The lowest BCUT2D eigenvalue weighted by Crippen LogP contribution is -1.81. The Labute approximate surface area is 86.8 Å². The van der Waals surface area contributed by atoms with Crippen molar-refractivity contribution in [3.63, 3.8) is 0 Å². The Balaban J connectivity index is 2.87. The van der Waals surface area contributed by atoms with Gasteiger partial charge in [0.2, 0.25) is 0 Å². The van der Waals surface area contributed by atoms with Crippen LogP contribution in [0, 0.1) is 0 Å². The van der Waals surface area contributed by atoms with Crippen LogP contribution >= 0.6 is 23.2 Å². The molecule has 0 atom stereocenters. The van der Waals surface area contributed by atoms with E-state index in [0.29, 0.717) is 16.5 Å². The molecule has 4 heteroatoms. The fourth-order valence-corrected chi connectivity index (χ4v) is 1.35. The molecule has 1 heterocycles. The van der Waals surface area contributed by atoms with Gasteiger partial charge < -0.3 is 5.11 Å². The zero-order valence-electron chi connectivity index (χ0n) is 6.87. The molecular formula is C9H9Cl2NO. The molecule has 2 nitrogen and oxygen atoms in total. The van der Waals surface area contributed by atoms with E-state index >= 15 is 0 Å². The second kappa shape index (κ2) is 5.22. The van der Waals surface area contributed by atoms with Gasteiger partial charge in [-0.05, 0) is 6.42 Å². The SMILES string of the molecule is OCCC=Cc1c(Cl)cncc1Cl. The van der Waals surface area contributed by atoms with Crippen LogP contribution in [-0.4, -0.2) is 16.7 Å². The summed E-state index contributed by atoms with van der Waals surface area (Å²) in [4.78, 5) is 3.83. The predicted molar refractivity (Wildman–Crippen MR) is 55.0 cm³/mol. The highest BCUT2D eigenvalue weighted by Crippen LogP contribution is 2.24. The number of pyridine rings is 1. The van der Waals surface area contributed by atoms with Gasteiger partial charge in [0, 0.05) is 24.6 Å². The summed E-state index contributed by atoms with van der Waals surface area (Å²) in [5, 5.41) is 9.58. The van der Waals surface area contributed by atoms with E-state index in [9.17, 15) is 0 Å². The standard InChI is InChI=1S/C9H9Cl2NO/c10-8-5-12-6-9(11)7(8)3-1-2-4-13/h1,3,5-6,13H,2,4H2. The molecule has 0 spiro atoms. The topological polar surface area (TPSA) is 33.1 Å². The normalized spacial score (nSPS) is 11.0. The monoisotopic (exact) mass is 217 g/mol. The zero-order chi connectivity index (χ0) is 9.68. The van der Waals surface area contributed by atoms with E-state index in [0.717, 1.165) is 5.56 Å². The van der Waals surface area contributed by atoms with Crippen molar-refractivity contribution in [2.24, 2.45) is 0 Å². The average molecular weight is 218 g/mol. The Hall–Kier alpha value is -0.570. The summed E-state index contributed by atoms with van der Waals surface area (Å²) in [6.45, 7) is 0.122. The highest BCUT2D eigenvalue weighted by atomic mass is 35.5. The Kier molecular flexibility index (Phi) is 4.22. The minimum Gasteiger partial charge on any atom is -0.396 e. The highest BCUT2D eigenvalue weighted by molar-refractivity contribution is 6.36. The number of hydrogen-bond donors (Lipinski definition) is 1. The van der Waals surface area contributed by atoms with Gasteiger partial charge in [-0.25, -0.2) is 0 Å². The van der Waals surface area contributed by atoms with Crippen LogP contribution in [0.15, 0.2) is 18.5 Å². The second-order valence-electron chi connectivity index (χ2n) is 2.43. The van der Waals surface area contributed by atoms with Crippen LogP contribution in [0.4, 0.5) is 0 Å². The molecule has 0 aliphatic heterocycles. The summed E-state index contributed by atoms with van der Waals surface area (Å²) in [7, 11) is 0. The number of halogens is 2. The molecule has 1 N–H and O–H groups in total. The van der Waals surface area contributed by atoms with Gasteiger partial charge in [-0.2, -0.15) is 0 Å². The second-order valence-corrected chi connectivity index (χ2v) is 3.25. The average Bonchev–Trinajstić information content (AvgIpc) is 2.10. The van der Waals surface area contributed by atoms with Crippen LogP contribution in [0.1, 0.15) is 12.0 Å². The molecule has 0 amide bonds. The first-order valence-corrected chi connectivity index (χ1v) is 4.57. The maximum absolute atomic E-state index is 8.55. The van der Waals surface area contributed by atoms with E-state index < -0.39 is 0 Å². The van der Waals surface area contributed by atoms with Crippen LogP contribution in [0.25, 0.3) is 6.08 Å². The summed E-state index contributed by atoms with van der Waals surface area (Å²) in [5.74, 6) is 0. The molecule has 1 rings (SSSR count). The molecule has 0 saturated heterocycles. The van der Waals surface area contributed by atoms with Gasteiger partial charge in [0.05, 0.1) is 10.0 Å². The van der Waals surface area contributed by atoms with Gasteiger partial charge >= 0.3 is 0 Å². The number of aliphatic hydroxyl groups excluding tert-OH is 1. The Morgan fingerprint density at radius 3 is 2.46 bits per heavy atom. The van der Waals surface area contributed by atoms with E-state index in [-0.39, 0.29) is 6.61 Å². The fourth-order valence-electron chi connectivity index (χ4n) is 0.856. The minimum absolute atomic E-state index is 0.122. The molecule has 0 aliphatic rings. The van der Waals surface area contributed by atoms with E-state index in [1.165, 1.54) is 12.4 Å². The largest absolute Gasteiger partial charge is 0.396 e. The third kappa shape index (κ3) is 2.99. The van der Waals surface area contributed by atoms with Crippen LogP contribution in [0.5, 0.6) is 0 Å². The molecule has 0 fully saturated rings. The third-order valence-electron chi connectivity index (χ3n) is 1.47. The molecule has 70 valence electrons. The van der Waals surface area contributed by atoms with Crippen molar-refractivity contribution in [1.82, 2.24) is 4.98 Å². The van der Waals surface area contributed by atoms with Gasteiger partial charge in [-0.1, -0.05) is 35.4 Å². The van der Waals surface area contributed by atoms with Crippen molar-refractivity contribution in [3.8, 4) is 0 Å². The summed E-state index contributed by atoms with van der Waals surface area (Å²) in [6, 6.07) is 0. The maximum atomic E-state index is 8.55. The predicted octanol–water partition coefficient (Wildman–Crippen LogP) is 2.78. The first-order valence-electron chi connectivity index (χ1n) is 3.82. The Morgan fingerprint density at radius 1 is 1.31 bits per heavy atom. The van der Waals surface area contributed by atoms with Crippen molar-refractivity contribution in [3.05, 3.63) is 34.1 Å². The van der Waals surface area contributed by atoms with Crippen LogP contribution in [-0.2, 0) is 0 Å². The number of rotatable bonds is 3. The number of aromatic nitrogens is 1. The molecule has 1 aromatic heterocycles. The minimum atomic E-state index is 0.122. The third-order valence-corrected chi connectivity index (χ3v) is 2.07. The molecule has 0 aromatic carbocycles. The van der Waals surface area contributed by atoms with E-state index in [1.807, 2.05) is 6.08 Å². The highest BCUT2D eigenvalue weighted by Gasteiger charge is 2.00.